The summed E-state index contributed by atoms with van der Waals surface area (Å²) < 4.78 is 13.3. The van der Waals surface area contributed by atoms with Crippen LogP contribution in [-0.4, -0.2) is 21.8 Å². The normalized spacial score (nSPS) is 11.2. The van der Waals surface area contributed by atoms with Gasteiger partial charge >= 0.3 is 0 Å². The van der Waals surface area contributed by atoms with Gasteiger partial charge in [0.1, 0.15) is 16.5 Å². The van der Waals surface area contributed by atoms with E-state index in [1.165, 1.54) is 23.5 Å². The molecule has 0 saturated heterocycles. The molecule has 0 aliphatic heterocycles. The van der Waals surface area contributed by atoms with E-state index >= 15 is 0 Å². The summed E-state index contributed by atoms with van der Waals surface area (Å²) in [6.07, 6.45) is 0. The summed E-state index contributed by atoms with van der Waals surface area (Å²) in [4.78, 5) is 18.9. The van der Waals surface area contributed by atoms with E-state index in [0.29, 0.717) is 30.4 Å². The minimum Gasteiger partial charge on any atom is -0.349 e. The Labute approximate surface area is 179 Å². The van der Waals surface area contributed by atoms with Crippen LogP contribution in [0.25, 0.3) is 0 Å². The lowest BCUT2D eigenvalue weighted by Crippen LogP contribution is -2.30. The van der Waals surface area contributed by atoms with E-state index < -0.39 is 0 Å². The van der Waals surface area contributed by atoms with Crippen LogP contribution >= 0.6 is 22.9 Å². The second-order valence-electron chi connectivity index (χ2n) is 7.15. The van der Waals surface area contributed by atoms with Gasteiger partial charge in [-0.25, -0.2) is 9.37 Å². The molecule has 3 rings (SSSR count). The van der Waals surface area contributed by atoms with E-state index in [1.807, 2.05) is 38.1 Å². The number of nitrogens with zero attached hydrogens (tertiary/aromatic N) is 2. The van der Waals surface area contributed by atoms with Gasteiger partial charge in [-0.3, -0.25) is 9.69 Å². The molecule has 152 valence electrons. The standard InChI is InChI=1S/C22H23ClFN3OS/c1-15(2)25-22(28)20-14-29-21(26-20)13-27(11-16-3-7-18(23)8-4-16)12-17-5-9-19(24)10-6-17/h3-10,14-15H,11-13H2,1-2H3,(H,25,28). The fraction of sp³-hybridized carbons (Fsp3) is 0.273. The first-order valence-electron chi connectivity index (χ1n) is 9.35. The quantitative estimate of drug-likeness (QED) is 0.528. The lowest BCUT2D eigenvalue weighted by molar-refractivity contribution is 0.0938. The Morgan fingerprint density at radius 1 is 1.07 bits per heavy atom. The molecule has 0 aliphatic rings. The summed E-state index contributed by atoms with van der Waals surface area (Å²) in [5.41, 5.74) is 2.56. The molecule has 1 heterocycles. The maximum Gasteiger partial charge on any atom is 0.270 e. The first-order chi connectivity index (χ1) is 13.9. The number of halogens is 2. The van der Waals surface area contributed by atoms with Crippen LogP contribution in [-0.2, 0) is 19.6 Å². The topological polar surface area (TPSA) is 45.2 Å². The van der Waals surface area contributed by atoms with Gasteiger partial charge < -0.3 is 5.32 Å². The van der Waals surface area contributed by atoms with E-state index in [2.05, 4.69) is 15.2 Å². The van der Waals surface area contributed by atoms with Crippen molar-refractivity contribution in [2.45, 2.75) is 39.5 Å². The number of rotatable bonds is 8. The number of benzene rings is 2. The lowest BCUT2D eigenvalue weighted by Gasteiger charge is -2.21. The maximum atomic E-state index is 13.3. The second kappa shape index (κ2) is 9.96. The molecule has 0 bridgehead atoms. The molecule has 1 N–H and O–H groups in total. The van der Waals surface area contributed by atoms with Crippen LogP contribution in [0.3, 0.4) is 0 Å². The van der Waals surface area contributed by atoms with Crippen molar-refractivity contribution in [2.24, 2.45) is 0 Å². The number of nitrogens with one attached hydrogen (secondary N) is 1. The molecule has 3 aromatic rings. The summed E-state index contributed by atoms with van der Waals surface area (Å²) in [6, 6.07) is 14.3. The van der Waals surface area contributed by atoms with Crippen molar-refractivity contribution in [2.75, 3.05) is 0 Å². The SMILES string of the molecule is CC(C)NC(=O)c1csc(CN(Cc2ccc(F)cc2)Cc2ccc(Cl)cc2)n1. The molecule has 0 radical (unpaired) electrons. The minimum atomic E-state index is -0.251. The Balaban J connectivity index is 1.75. The van der Waals surface area contributed by atoms with Crippen molar-refractivity contribution in [3.8, 4) is 0 Å². The molecule has 0 unspecified atom stereocenters. The molecule has 7 heteroatoms. The summed E-state index contributed by atoms with van der Waals surface area (Å²) in [6.45, 7) is 5.74. The zero-order chi connectivity index (χ0) is 20.8. The smallest absolute Gasteiger partial charge is 0.270 e. The van der Waals surface area contributed by atoms with Crippen LogP contribution in [0.4, 0.5) is 4.39 Å². The number of hydrogen-bond acceptors (Lipinski definition) is 4. The molecule has 2 aromatic carbocycles. The monoisotopic (exact) mass is 431 g/mol. The van der Waals surface area contributed by atoms with Gasteiger partial charge in [0.2, 0.25) is 0 Å². The number of hydrogen-bond donors (Lipinski definition) is 1. The van der Waals surface area contributed by atoms with Crippen LogP contribution in [0.1, 0.15) is 40.5 Å². The van der Waals surface area contributed by atoms with Crippen molar-refractivity contribution < 1.29 is 9.18 Å². The van der Waals surface area contributed by atoms with E-state index in [4.69, 9.17) is 11.6 Å². The average molecular weight is 432 g/mol. The van der Waals surface area contributed by atoms with Crippen molar-refractivity contribution >= 4 is 28.8 Å². The third kappa shape index (κ3) is 6.63. The molecule has 1 amide bonds. The molecule has 4 nitrogen and oxygen atoms in total. The van der Waals surface area contributed by atoms with Gasteiger partial charge in [-0.15, -0.1) is 11.3 Å². The van der Waals surface area contributed by atoms with Crippen LogP contribution in [0.5, 0.6) is 0 Å². The molecular formula is C22H23ClFN3OS. The van der Waals surface area contributed by atoms with Crippen molar-refractivity contribution in [3.63, 3.8) is 0 Å². The van der Waals surface area contributed by atoms with Crippen LogP contribution in [0, 0.1) is 5.82 Å². The molecule has 1 aromatic heterocycles. The predicted octanol–water partition coefficient (Wildman–Crippen LogP) is 5.28. The Bertz CT molecular complexity index is 894. The van der Waals surface area contributed by atoms with Gasteiger partial charge in [0.25, 0.3) is 5.91 Å². The van der Waals surface area contributed by atoms with Gasteiger partial charge in [-0.05, 0) is 49.2 Å². The third-order valence-electron chi connectivity index (χ3n) is 4.20. The first kappa shape index (κ1) is 21.4. The average Bonchev–Trinajstić information content (AvgIpc) is 3.13. The van der Waals surface area contributed by atoms with Crippen molar-refractivity contribution in [1.29, 1.82) is 0 Å². The Morgan fingerprint density at radius 2 is 1.66 bits per heavy atom. The molecule has 0 saturated carbocycles. The zero-order valence-electron chi connectivity index (χ0n) is 16.4. The highest BCUT2D eigenvalue weighted by Crippen LogP contribution is 2.19. The maximum absolute atomic E-state index is 13.3. The summed E-state index contributed by atoms with van der Waals surface area (Å²) in [5, 5.41) is 6.19. The van der Waals surface area contributed by atoms with Crippen LogP contribution in [0.2, 0.25) is 5.02 Å². The van der Waals surface area contributed by atoms with E-state index in [9.17, 15) is 9.18 Å². The van der Waals surface area contributed by atoms with Crippen molar-refractivity contribution in [3.05, 3.63) is 86.6 Å². The number of aromatic nitrogens is 1. The molecule has 0 fully saturated rings. The van der Waals surface area contributed by atoms with Crippen LogP contribution in [0.15, 0.2) is 53.9 Å². The third-order valence-corrected chi connectivity index (χ3v) is 5.29. The van der Waals surface area contributed by atoms with Crippen LogP contribution < -0.4 is 5.32 Å². The van der Waals surface area contributed by atoms with Crippen molar-refractivity contribution in [1.82, 2.24) is 15.2 Å². The zero-order valence-corrected chi connectivity index (χ0v) is 17.9. The van der Waals surface area contributed by atoms with Gasteiger partial charge in [-0.1, -0.05) is 35.9 Å². The highest BCUT2D eigenvalue weighted by atomic mass is 35.5. The highest BCUT2D eigenvalue weighted by Gasteiger charge is 2.15. The number of carbonyl (C=O) groups is 1. The summed E-state index contributed by atoms with van der Waals surface area (Å²) in [5.74, 6) is -0.413. The second-order valence-corrected chi connectivity index (χ2v) is 8.53. The van der Waals surface area contributed by atoms with E-state index in [1.54, 1.807) is 17.5 Å². The van der Waals surface area contributed by atoms with Gasteiger partial charge in [0, 0.05) is 29.5 Å². The fourth-order valence-corrected chi connectivity index (χ4v) is 3.82. The summed E-state index contributed by atoms with van der Waals surface area (Å²) in [7, 11) is 0. The molecule has 0 aliphatic carbocycles. The van der Waals surface area contributed by atoms with E-state index in [-0.39, 0.29) is 17.8 Å². The largest absolute Gasteiger partial charge is 0.349 e. The summed E-state index contributed by atoms with van der Waals surface area (Å²) >= 11 is 7.46. The lowest BCUT2D eigenvalue weighted by atomic mass is 10.1. The number of carbonyl (C=O) groups excluding carboxylic acids is 1. The van der Waals surface area contributed by atoms with Gasteiger partial charge in [-0.2, -0.15) is 0 Å². The Morgan fingerprint density at radius 3 is 2.24 bits per heavy atom. The molecule has 0 spiro atoms. The molecule has 0 atom stereocenters. The predicted molar refractivity (Wildman–Crippen MR) is 116 cm³/mol. The number of thiazole rings is 1. The van der Waals surface area contributed by atoms with Gasteiger partial charge in [0.05, 0.1) is 6.54 Å². The molecule has 29 heavy (non-hydrogen) atoms. The first-order valence-corrected chi connectivity index (χ1v) is 10.6. The van der Waals surface area contributed by atoms with E-state index in [0.717, 1.165) is 16.1 Å². The Hall–Kier alpha value is -2.28. The van der Waals surface area contributed by atoms with Gasteiger partial charge in [0.15, 0.2) is 0 Å². The number of amides is 1. The fourth-order valence-electron chi connectivity index (χ4n) is 2.88. The Kier molecular flexibility index (Phi) is 7.36. The highest BCUT2D eigenvalue weighted by molar-refractivity contribution is 7.09. The molecular weight excluding hydrogens is 409 g/mol. The minimum absolute atomic E-state index is 0.0625.